The van der Waals surface area contributed by atoms with Crippen molar-refractivity contribution in [3.63, 3.8) is 0 Å². The van der Waals surface area contributed by atoms with Gasteiger partial charge in [-0.15, -0.1) is 11.3 Å². The van der Waals surface area contributed by atoms with E-state index in [4.69, 9.17) is 0 Å². The van der Waals surface area contributed by atoms with Crippen molar-refractivity contribution in [1.82, 2.24) is 4.98 Å². The molecule has 1 nitrogen and oxygen atoms in total. The molecule has 0 fully saturated rings. The van der Waals surface area contributed by atoms with Crippen LogP contribution < -0.4 is 0 Å². The molecule has 0 radical (unpaired) electrons. The maximum absolute atomic E-state index is 4.65. The first-order valence-electron chi connectivity index (χ1n) is 5.83. The number of aromatic nitrogens is 1. The second-order valence-corrected chi connectivity index (χ2v) is 6.64. The van der Waals surface area contributed by atoms with E-state index in [1.807, 2.05) is 0 Å². The largest absolute Gasteiger partial charge is 0.246 e. The third-order valence-electron chi connectivity index (χ3n) is 2.42. The molecule has 0 saturated heterocycles. The summed E-state index contributed by atoms with van der Waals surface area (Å²) in [6, 6.07) is 0. The molecule has 15 heavy (non-hydrogen) atoms. The van der Waals surface area contributed by atoms with Gasteiger partial charge in [0.15, 0.2) is 0 Å². The Morgan fingerprint density at radius 2 is 2.00 bits per heavy atom. The monoisotopic (exact) mass is 225 g/mol. The Morgan fingerprint density at radius 3 is 2.47 bits per heavy atom. The maximum atomic E-state index is 4.65. The predicted molar refractivity (Wildman–Crippen MR) is 68.6 cm³/mol. The summed E-state index contributed by atoms with van der Waals surface area (Å²) >= 11 is 1.80. The van der Waals surface area contributed by atoms with Crippen LogP contribution in [0.1, 0.15) is 64.1 Å². The highest BCUT2D eigenvalue weighted by Crippen LogP contribution is 2.24. The molecular formula is C13H23NS. The first-order chi connectivity index (χ1) is 6.88. The quantitative estimate of drug-likeness (QED) is 0.727. The third-order valence-corrected chi connectivity index (χ3v) is 3.62. The van der Waals surface area contributed by atoms with E-state index in [0.29, 0.717) is 11.3 Å². The molecule has 0 saturated carbocycles. The van der Waals surface area contributed by atoms with Crippen LogP contribution in [0.2, 0.25) is 0 Å². The summed E-state index contributed by atoms with van der Waals surface area (Å²) in [6.07, 6.45) is 3.67. The van der Waals surface area contributed by atoms with Crippen molar-refractivity contribution in [3.8, 4) is 0 Å². The molecule has 0 aromatic carbocycles. The van der Waals surface area contributed by atoms with Gasteiger partial charge >= 0.3 is 0 Å². The van der Waals surface area contributed by atoms with Gasteiger partial charge < -0.3 is 0 Å². The summed E-state index contributed by atoms with van der Waals surface area (Å²) in [5.41, 5.74) is 1.74. The number of hydrogen-bond acceptors (Lipinski definition) is 2. The summed E-state index contributed by atoms with van der Waals surface area (Å²) in [5.74, 6) is 0.575. The number of nitrogens with zero attached hydrogens (tertiary/aromatic N) is 1. The normalized spacial score (nSPS) is 12.4. The van der Waals surface area contributed by atoms with E-state index < -0.39 is 0 Å². The second-order valence-electron chi connectivity index (χ2n) is 5.75. The topological polar surface area (TPSA) is 12.9 Å². The summed E-state index contributed by atoms with van der Waals surface area (Å²) in [4.78, 5) is 4.65. The summed E-state index contributed by atoms with van der Waals surface area (Å²) < 4.78 is 0. The molecule has 0 aliphatic carbocycles. The van der Waals surface area contributed by atoms with Crippen molar-refractivity contribution in [2.24, 2.45) is 5.41 Å². The Bertz CT molecular complexity index is 294. The third kappa shape index (κ3) is 4.78. The lowest BCUT2D eigenvalue weighted by Crippen LogP contribution is -2.05. The molecule has 0 aliphatic rings. The predicted octanol–water partition coefficient (Wildman–Crippen LogP) is 4.64. The molecule has 0 amide bonds. The van der Waals surface area contributed by atoms with Crippen LogP contribution in [0.5, 0.6) is 0 Å². The van der Waals surface area contributed by atoms with Gasteiger partial charge in [-0.3, -0.25) is 0 Å². The van der Waals surface area contributed by atoms with Gasteiger partial charge in [0.25, 0.3) is 0 Å². The zero-order valence-electron chi connectivity index (χ0n) is 10.6. The lowest BCUT2D eigenvalue weighted by molar-refractivity contribution is 0.365. The standard InChI is InChI=1S/C13H23NS/c1-10(2)12-14-11(9-15-12)7-6-8-13(3,4)5/h9-10H,6-8H2,1-5H3. The van der Waals surface area contributed by atoms with Gasteiger partial charge in [0.05, 0.1) is 10.7 Å². The van der Waals surface area contributed by atoms with Gasteiger partial charge in [-0.2, -0.15) is 0 Å². The van der Waals surface area contributed by atoms with Gasteiger partial charge in [0, 0.05) is 11.3 Å². The molecule has 1 aromatic heterocycles. The van der Waals surface area contributed by atoms with Crippen LogP contribution in [0.4, 0.5) is 0 Å². The first kappa shape index (κ1) is 12.7. The average molecular weight is 225 g/mol. The smallest absolute Gasteiger partial charge is 0.0953 e. The second kappa shape index (κ2) is 5.11. The number of hydrogen-bond donors (Lipinski definition) is 0. The van der Waals surface area contributed by atoms with E-state index >= 15 is 0 Å². The Labute approximate surface area is 97.9 Å². The fourth-order valence-corrected chi connectivity index (χ4v) is 2.37. The van der Waals surface area contributed by atoms with E-state index in [9.17, 15) is 0 Å². The molecule has 0 spiro atoms. The Balaban J connectivity index is 2.38. The Kier molecular flexibility index (Phi) is 4.32. The van der Waals surface area contributed by atoms with Gasteiger partial charge in [0.2, 0.25) is 0 Å². The lowest BCUT2D eigenvalue weighted by atomic mass is 9.90. The van der Waals surface area contributed by atoms with Crippen molar-refractivity contribution in [3.05, 3.63) is 16.1 Å². The van der Waals surface area contributed by atoms with Crippen LogP contribution in [0.15, 0.2) is 5.38 Å². The van der Waals surface area contributed by atoms with Crippen LogP contribution in [0.3, 0.4) is 0 Å². The molecule has 1 rings (SSSR count). The van der Waals surface area contributed by atoms with Crippen molar-refractivity contribution >= 4 is 11.3 Å². The van der Waals surface area contributed by atoms with Crippen LogP contribution in [-0.4, -0.2) is 4.98 Å². The van der Waals surface area contributed by atoms with Crippen LogP contribution in [0, 0.1) is 5.41 Å². The summed E-state index contributed by atoms with van der Waals surface area (Å²) in [7, 11) is 0. The summed E-state index contributed by atoms with van der Waals surface area (Å²) in [6.45, 7) is 11.3. The lowest BCUT2D eigenvalue weighted by Gasteiger charge is -2.16. The van der Waals surface area contributed by atoms with Gasteiger partial charge in [-0.05, 0) is 24.7 Å². The van der Waals surface area contributed by atoms with Crippen LogP contribution in [0.25, 0.3) is 0 Å². The number of aryl methyl sites for hydroxylation is 1. The minimum Gasteiger partial charge on any atom is -0.246 e. The SMILES string of the molecule is CC(C)c1nc(CCCC(C)(C)C)cs1. The van der Waals surface area contributed by atoms with Crippen molar-refractivity contribution < 1.29 is 0 Å². The van der Waals surface area contributed by atoms with E-state index in [2.05, 4.69) is 45.0 Å². The fourth-order valence-electron chi connectivity index (χ4n) is 1.50. The van der Waals surface area contributed by atoms with E-state index in [1.165, 1.54) is 23.5 Å². The fraction of sp³-hybridized carbons (Fsp3) is 0.769. The molecule has 0 aliphatic heterocycles. The van der Waals surface area contributed by atoms with E-state index in [1.54, 1.807) is 11.3 Å². The minimum atomic E-state index is 0.455. The maximum Gasteiger partial charge on any atom is 0.0953 e. The highest BCUT2D eigenvalue weighted by Gasteiger charge is 2.10. The van der Waals surface area contributed by atoms with Crippen molar-refractivity contribution in [2.75, 3.05) is 0 Å². The van der Waals surface area contributed by atoms with Crippen molar-refractivity contribution in [1.29, 1.82) is 0 Å². The molecule has 0 atom stereocenters. The zero-order valence-corrected chi connectivity index (χ0v) is 11.4. The van der Waals surface area contributed by atoms with Gasteiger partial charge in [0.1, 0.15) is 0 Å². The van der Waals surface area contributed by atoms with E-state index in [0.717, 1.165) is 6.42 Å². The Hall–Kier alpha value is -0.370. The van der Waals surface area contributed by atoms with E-state index in [-0.39, 0.29) is 0 Å². The highest BCUT2D eigenvalue weighted by molar-refractivity contribution is 7.09. The minimum absolute atomic E-state index is 0.455. The van der Waals surface area contributed by atoms with Crippen molar-refractivity contribution in [2.45, 2.75) is 59.8 Å². The molecule has 0 unspecified atom stereocenters. The molecule has 1 heterocycles. The van der Waals surface area contributed by atoms with Crippen LogP contribution in [-0.2, 0) is 6.42 Å². The average Bonchev–Trinajstić information content (AvgIpc) is 2.50. The molecule has 86 valence electrons. The van der Waals surface area contributed by atoms with Gasteiger partial charge in [-0.25, -0.2) is 4.98 Å². The van der Waals surface area contributed by atoms with Crippen LogP contribution >= 0.6 is 11.3 Å². The Morgan fingerprint density at radius 1 is 1.33 bits per heavy atom. The molecule has 1 aromatic rings. The highest BCUT2D eigenvalue weighted by atomic mass is 32.1. The first-order valence-corrected chi connectivity index (χ1v) is 6.71. The van der Waals surface area contributed by atoms with Gasteiger partial charge in [-0.1, -0.05) is 34.6 Å². The number of rotatable bonds is 4. The zero-order chi connectivity index (χ0) is 11.5. The molecule has 0 N–H and O–H groups in total. The molecule has 0 bridgehead atoms. The number of thiazole rings is 1. The molecular weight excluding hydrogens is 202 g/mol. The molecule has 2 heteroatoms. The summed E-state index contributed by atoms with van der Waals surface area (Å²) in [5, 5.41) is 3.50.